The van der Waals surface area contributed by atoms with Crippen LogP contribution in [0.1, 0.15) is 39.8 Å². The second-order valence-electron chi connectivity index (χ2n) is 5.58. The molecule has 2 nitrogen and oxygen atoms in total. The Labute approximate surface area is 135 Å². The summed E-state index contributed by atoms with van der Waals surface area (Å²) >= 11 is 3.52. The standard InChI is InChI=1S/C18H22BrNO/c1-11-7-8-14(9-12(11)2)16(10-20)18(21)15-5-4-6-17(19)13(15)3/h4-9,16,18,21H,10,20H2,1-3H3. The molecule has 0 heterocycles. The van der Waals surface area contributed by atoms with Gasteiger partial charge >= 0.3 is 0 Å². The Balaban J connectivity index is 2.40. The predicted molar refractivity (Wildman–Crippen MR) is 91.6 cm³/mol. The number of hydrogen-bond donors (Lipinski definition) is 2. The highest BCUT2D eigenvalue weighted by Gasteiger charge is 2.23. The number of benzene rings is 2. The minimum atomic E-state index is -0.602. The Kier molecular flexibility index (Phi) is 5.20. The Hall–Kier alpha value is -1.16. The zero-order valence-electron chi connectivity index (χ0n) is 12.7. The number of hydrogen-bond acceptors (Lipinski definition) is 2. The van der Waals surface area contributed by atoms with Gasteiger partial charge in [-0.25, -0.2) is 0 Å². The van der Waals surface area contributed by atoms with Crippen LogP contribution in [0, 0.1) is 20.8 Å². The number of halogens is 1. The monoisotopic (exact) mass is 347 g/mol. The number of rotatable bonds is 4. The van der Waals surface area contributed by atoms with Crippen LogP contribution >= 0.6 is 15.9 Å². The van der Waals surface area contributed by atoms with Gasteiger partial charge in [-0.05, 0) is 54.7 Å². The molecule has 21 heavy (non-hydrogen) atoms. The van der Waals surface area contributed by atoms with Crippen molar-refractivity contribution in [2.75, 3.05) is 6.54 Å². The van der Waals surface area contributed by atoms with Crippen molar-refractivity contribution >= 4 is 15.9 Å². The van der Waals surface area contributed by atoms with Gasteiger partial charge in [0.25, 0.3) is 0 Å². The molecule has 0 saturated carbocycles. The Morgan fingerprint density at radius 3 is 2.43 bits per heavy atom. The molecular weight excluding hydrogens is 326 g/mol. The molecular formula is C18H22BrNO. The molecule has 3 heteroatoms. The summed E-state index contributed by atoms with van der Waals surface area (Å²) < 4.78 is 1.01. The van der Waals surface area contributed by atoms with E-state index in [1.807, 2.05) is 25.1 Å². The van der Waals surface area contributed by atoms with Gasteiger partial charge in [0, 0.05) is 16.9 Å². The Bertz CT molecular complexity index is 639. The molecule has 2 atom stereocenters. The molecule has 2 aromatic carbocycles. The van der Waals surface area contributed by atoms with Crippen molar-refractivity contribution < 1.29 is 5.11 Å². The van der Waals surface area contributed by atoms with Crippen LogP contribution in [0.4, 0.5) is 0 Å². The van der Waals surface area contributed by atoms with Crippen LogP contribution in [0.3, 0.4) is 0 Å². The Morgan fingerprint density at radius 2 is 1.81 bits per heavy atom. The third kappa shape index (κ3) is 3.37. The van der Waals surface area contributed by atoms with Crippen molar-refractivity contribution in [3.8, 4) is 0 Å². The molecule has 2 rings (SSSR count). The van der Waals surface area contributed by atoms with Gasteiger partial charge in [0.1, 0.15) is 0 Å². The third-order valence-corrected chi connectivity index (χ3v) is 5.08. The van der Waals surface area contributed by atoms with Gasteiger partial charge < -0.3 is 10.8 Å². The third-order valence-electron chi connectivity index (χ3n) is 4.22. The molecule has 3 N–H and O–H groups in total. The van der Waals surface area contributed by atoms with Crippen molar-refractivity contribution in [3.05, 3.63) is 68.7 Å². The fourth-order valence-corrected chi connectivity index (χ4v) is 2.99. The van der Waals surface area contributed by atoms with Gasteiger partial charge in [0.2, 0.25) is 0 Å². The smallest absolute Gasteiger partial charge is 0.0873 e. The number of nitrogens with two attached hydrogens (primary N) is 1. The number of aliphatic hydroxyl groups excluding tert-OH is 1. The van der Waals surface area contributed by atoms with Crippen LogP contribution < -0.4 is 5.73 Å². The highest BCUT2D eigenvalue weighted by atomic mass is 79.9. The molecule has 0 aliphatic carbocycles. The summed E-state index contributed by atoms with van der Waals surface area (Å²) in [7, 11) is 0. The van der Waals surface area contributed by atoms with E-state index in [-0.39, 0.29) is 5.92 Å². The van der Waals surface area contributed by atoms with E-state index in [9.17, 15) is 5.11 Å². The van der Waals surface area contributed by atoms with Crippen LogP contribution in [0.15, 0.2) is 40.9 Å². The summed E-state index contributed by atoms with van der Waals surface area (Å²) in [5.74, 6) is -0.0997. The second-order valence-corrected chi connectivity index (χ2v) is 6.44. The molecule has 0 aliphatic rings. The minimum Gasteiger partial charge on any atom is -0.388 e. The molecule has 0 amide bonds. The summed E-state index contributed by atoms with van der Waals surface area (Å²) in [6.45, 7) is 6.60. The first-order chi connectivity index (χ1) is 9.95. The molecule has 0 saturated heterocycles. The van der Waals surface area contributed by atoms with Crippen molar-refractivity contribution in [3.63, 3.8) is 0 Å². The van der Waals surface area contributed by atoms with Crippen LogP contribution in [0.25, 0.3) is 0 Å². The molecule has 112 valence electrons. The lowest BCUT2D eigenvalue weighted by Gasteiger charge is -2.24. The zero-order valence-corrected chi connectivity index (χ0v) is 14.3. The normalized spacial score (nSPS) is 14.0. The van der Waals surface area contributed by atoms with Gasteiger partial charge in [0.05, 0.1) is 6.10 Å². The van der Waals surface area contributed by atoms with Crippen molar-refractivity contribution in [1.29, 1.82) is 0 Å². The van der Waals surface area contributed by atoms with E-state index in [0.29, 0.717) is 6.54 Å². The highest BCUT2D eigenvalue weighted by Crippen LogP contribution is 2.34. The van der Waals surface area contributed by atoms with E-state index in [1.165, 1.54) is 11.1 Å². The molecule has 2 unspecified atom stereocenters. The predicted octanol–water partition coefficient (Wildman–Crippen LogP) is 4.15. The van der Waals surface area contributed by atoms with Gasteiger partial charge in [-0.3, -0.25) is 0 Å². The Morgan fingerprint density at radius 1 is 1.10 bits per heavy atom. The number of aliphatic hydroxyl groups is 1. The van der Waals surface area contributed by atoms with E-state index in [0.717, 1.165) is 21.2 Å². The van der Waals surface area contributed by atoms with Gasteiger partial charge in [-0.1, -0.05) is 46.3 Å². The molecule has 0 bridgehead atoms. The fraction of sp³-hybridized carbons (Fsp3) is 0.333. The molecule has 0 radical (unpaired) electrons. The quantitative estimate of drug-likeness (QED) is 0.872. The SMILES string of the molecule is Cc1ccc(C(CN)C(O)c2cccc(Br)c2C)cc1C. The van der Waals surface area contributed by atoms with Gasteiger partial charge in [0.15, 0.2) is 0 Å². The summed E-state index contributed by atoms with van der Waals surface area (Å²) in [6.07, 6.45) is -0.602. The lowest BCUT2D eigenvalue weighted by Crippen LogP contribution is -2.21. The lowest BCUT2D eigenvalue weighted by atomic mass is 9.86. The maximum Gasteiger partial charge on any atom is 0.0873 e. The zero-order chi connectivity index (χ0) is 15.6. The van der Waals surface area contributed by atoms with E-state index in [4.69, 9.17) is 5.73 Å². The summed E-state index contributed by atoms with van der Waals surface area (Å²) in [5.41, 5.74) is 11.5. The fourth-order valence-electron chi connectivity index (χ4n) is 2.60. The largest absolute Gasteiger partial charge is 0.388 e. The number of aryl methyl sites for hydroxylation is 2. The second kappa shape index (κ2) is 6.73. The maximum atomic E-state index is 10.8. The van der Waals surface area contributed by atoms with Crippen molar-refractivity contribution in [2.45, 2.75) is 32.8 Å². The summed E-state index contributed by atoms with van der Waals surface area (Å²) in [4.78, 5) is 0. The van der Waals surface area contributed by atoms with Crippen molar-refractivity contribution in [1.82, 2.24) is 0 Å². The minimum absolute atomic E-state index is 0.0997. The first kappa shape index (κ1) is 16.2. The van der Waals surface area contributed by atoms with E-state index < -0.39 is 6.10 Å². The lowest BCUT2D eigenvalue weighted by molar-refractivity contribution is 0.146. The molecule has 0 spiro atoms. The van der Waals surface area contributed by atoms with Crippen LogP contribution in [0.5, 0.6) is 0 Å². The van der Waals surface area contributed by atoms with Gasteiger partial charge in [-0.15, -0.1) is 0 Å². The van der Waals surface area contributed by atoms with Gasteiger partial charge in [-0.2, -0.15) is 0 Å². The van der Waals surface area contributed by atoms with Crippen LogP contribution in [-0.2, 0) is 0 Å². The molecule has 0 aromatic heterocycles. The molecule has 0 fully saturated rings. The van der Waals surface area contributed by atoms with E-state index >= 15 is 0 Å². The summed E-state index contributed by atoms with van der Waals surface area (Å²) in [5, 5.41) is 10.8. The van der Waals surface area contributed by atoms with E-state index in [1.54, 1.807) is 0 Å². The molecule has 2 aromatic rings. The average molecular weight is 348 g/mol. The topological polar surface area (TPSA) is 46.2 Å². The van der Waals surface area contributed by atoms with E-state index in [2.05, 4.69) is 48.0 Å². The van der Waals surface area contributed by atoms with Crippen molar-refractivity contribution in [2.24, 2.45) is 5.73 Å². The maximum absolute atomic E-state index is 10.8. The average Bonchev–Trinajstić information content (AvgIpc) is 2.46. The van der Waals surface area contributed by atoms with Crippen LogP contribution in [0.2, 0.25) is 0 Å². The molecule has 0 aliphatic heterocycles. The van der Waals surface area contributed by atoms with Crippen LogP contribution in [-0.4, -0.2) is 11.7 Å². The highest BCUT2D eigenvalue weighted by molar-refractivity contribution is 9.10. The first-order valence-electron chi connectivity index (χ1n) is 7.16. The first-order valence-corrected chi connectivity index (χ1v) is 7.95. The summed E-state index contributed by atoms with van der Waals surface area (Å²) in [6, 6.07) is 12.2.